The monoisotopic (exact) mass is 235 g/mol. The molecule has 1 heterocycles. The van der Waals surface area contributed by atoms with Crippen molar-refractivity contribution in [2.24, 2.45) is 7.05 Å². The molecule has 2 rings (SSSR count). The first kappa shape index (κ1) is 11.2. The summed E-state index contributed by atoms with van der Waals surface area (Å²) in [7, 11) is 1.87. The Morgan fingerprint density at radius 2 is 2.25 bits per heavy atom. The molecule has 0 bridgehead atoms. The molecule has 4 nitrogen and oxygen atoms in total. The summed E-state index contributed by atoms with van der Waals surface area (Å²) in [5.41, 5.74) is 2.05. The highest BCUT2D eigenvalue weighted by Crippen LogP contribution is 2.26. The lowest BCUT2D eigenvalue weighted by Gasteiger charge is -2.05. The molecule has 1 N–H and O–H groups in total. The SMILES string of the molecule is Cc1cc(Sc2ncnn2C)ccc1CO. The highest BCUT2D eigenvalue weighted by molar-refractivity contribution is 7.99. The summed E-state index contributed by atoms with van der Waals surface area (Å²) in [5.74, 6) is 0. The molecular formula is C11H13N3OS. The van der Waals surface area contributed by atoms with Crippen molar-refractivity contribution in [3.05, 3.63) is 35.7 Å². The minimum absolute atomic E-state index is 0.0841. The van der Waals surface area contributed by atoms with Gasteiger partial charge in [0.1, 0.15) is 6.33 Å². The van der Waals surface area contributed by atoms with E-state index in [2.05, 4.69) is 10.1 Å². The topological polar surface area (TPSA) is 50.9 Å². The number of aliphatic hydroxyl groups is 1. The van der Waals surface area contributed by atoms with Crippen LogP contribution in [-0.2, 0) is 13.7 Å². The molecule has 0 atom stereocenters. The van der Waals surface area contributed by atoms with Gasteiger partial charge in [-0.15, -0.1) is 0 Å². The maximum Gasteiger partial charge on any atom is 0.190 e. The van der Waals surface area contributed by atoms with Gasteiger partial charge in [0.15, 0.2) is 5.16 Å². The van der Waals surface area contributed by atoms with Crippen molar-refractivity contribution in [2.75, 3.05) is 0 Å². The third-order valence-electron chi connectivity index (χ3n) is 2.36. The summed E-state index contributed by atoms with van der Waals surface area (Å²) in [5, 5.41) is 13.9. The molecule has 0 radical (unpaired) electrons. The number of aryl methyl sites for hydroxylation is 2. The number of benzene rings is 1. The second kappa shape index (κ2) is 4.67. The van der Waals surface area contributed by atoms with E-state index in [0.717, 1.165) is 21.2 Å². The summed E-state index contributed by atoms with van der Waals surface area (Å²) in [6.07, 6.45) is 1.54. The van der Waals surface area contributed by atoms with Crippen molar-refractivity contribution in [3.8, 4) is 0 Å². The van der Waals surface area contributed by atoms with Crippen LogP contribution in [0.15, 0.2) is 34.6 Å². The molecule has 0 saturated heterocycles. The number of aliphatic hydroxyl groups excluding tert-OH is 1. The van der Waals surface area contributed by atoms with E-state index >= 15 is 0 Å². The van der Waals surface area contributed by atoms with Gasteiger partial charge < -0.3 is 5.11 Å². The van der Waals surface area contributed by atoms with Crippen LogP contribution in [0.3, 0.4) is 0 Å². The molecule has 0 fully saturated rings. The molecule has 1 aromatic carbocycles. The summed E-state index contributed by atoms with van der Waals surface area (Å²) >= 11 is 1.56. The van der Waals surface area contributed by atoms with Crippen molar-refractivity contribution in [1.29, 1.82) is 0 Å². The van der Waals surface area contributed by atoms with E-state index in [1.165, 1.54) is 6.33 Å². The molecular weight excluding hydrogens is 222 g/mol. The lowest BCUT2D eigenvalue weighted by atomic mass is 10.1. The normalized spacial score (nSPS) is 10.7. The number of nitrogens with zero attached hydrogens (tertiary/aromatic N) is 3. The smallest absolute Gasteiger partial charge is 0.190 e. The Balaban J connectivity index is 2.23. The van der Waals surface area contributed by atoms with Gasteiger partial charge in [-0.3, -0.25) is 0 Å². The van der Waals surface area contributed by atoms with E-state index in [-0.39, 0.29) is 6.61 Å². The highest BCUT2D eigenvalue weighted by atomic mass is 32.2. The fourth-order valence-corrected chi connectivity index (χ4v) is 2.25. The average Bonchev–Trinajstić information content (AvgIpc) is 2.65. The van der Waals surface area contributed by atoms with Crippen molar-refractivity contribution < 1.29 is 5.11 Å². The lowest BCUT2D eigenvalue weighted by Crippen LogP contribution is -1.93. The van der Waals surface area contributed by atoms with Crippen LogP contribution in [-0.4, -0.2) is 19.9 Å². The predicted octanol–water partition coefficient (Wildman–Crippen LogP) is 1.77. The highest BCUT2D eigenvalue weighted by Gasteiger charge is 2.05. The zero-order valence-electron chi connectivity index (χ0n) is 9.21. The number of hydrogen-bond donors (Lipinski definition) is 1. The minimum atomic E-state index is 0.0841. The molecule has 0 unspecified atom stereocenters. The van der Waals surface area contributed by atoms with Crippen molar-refractivity contribution in [2.45, 2.75) is 23.6 Å². The maximum atomic E-state index is 9.08. The van der Waals surface area contributed by atoms with Gasteiger partial charge in [0.2, 0.25) is 0 Å². The Morgan fingerprint density at radius 1 is 1.44 bits per heavy atom. The molecule has 0 spiro atoms. The van der Waals surface area contributed by atoms with Gasteiger partial charge in [-0.25, -0.2) is 9.67 Å². The maximum absolute atomic E-state index is 9.08. The molecule has 0 aliphatic rings. The Labute approximate surface area is 98.3 Å². The number of aromatic nitrogens is 3. The third-order valence-corrected chi connectivity index (χ3v) is 3.41. The second-order valence-electron chi connectivity index (χ2n) is 3.51. The fourth-order valence-electron chi connectivity index (χ4n) is 1.39. The van der Waals surface area contributed by atoms with Gasteiger partial charge in [0.25, 0.3) is 0 Å². The molecule has 0 saturated carbocycles. The number of hydrogen-bond acceptors (Lipinski definition) is 4. The average molecular weight is 235 g/mol. The number of rotatable bonds is 3. The Kier molecular flexibility index (Phi) is 3.26. The van der Waals surface area contributed by atoms with Gasteiger partial charge in [0.05, 0.1) is 6.61 Å². The van der Waals surface area contributed by atoms with E-state index in [1.807, 2.05) is 32.2 Å². The summed E-state index contributed by atoms with van der Waals surface area (Å²) in [4.78, 5) is 5.25. The zero-order chi connectivity index (χ0) is 11.5. The van der Waals surface area contributed by atoms with Crippen molar-refractivity contribution in [3.63, 3.8) is 0 Å². The third kappa shape index (κ3) is 2.25. The zero-order valence-corrected chi connectivity index (χ0v) is 10.0. The van der Waals surface area contributed by atoms with Gasteiger partial charge in [-0.05, 0) is 30.2 Å². The second-order valence-corrected chi connectivity index (χ2v) is 4.56. The Morgan fingerprint density at radius 3 is 2.81 bits per heavy atom. The summed E-state index contributed by atoms with van der Waals surface area (Å²) in [6.45, 7) is 2.08. The minimum Gasteiger partial charge on any atom is -0.392 e. The van der Waals surface area contributed by atoms with E-state index in [4.69, 9.17) is 5.11 Å². The predicted molar refractivity (Wildman–Crippen MR) is 62.2 cm³/mol. The summed E-state index contributed by atoms with van der Waals surface area (Å²) < 4.78 is 1.74. The van der Waals surface area contributed by atoms with Crippen LogP contribution < -0.4 is 0 Å². The standard InChI is InChI=1S/C11H13N3OS/c1-8-5-10(4-3-9(8)6-15)16-11-12-7-13-14(11)2/h3-5,7,15H,6H2,1-2H3. The quantitative estimate of drug-likeness (QED) is 0.881. The Bertz CT molecular complexity index is 496. The molecule has 1 aromatic heterocycles. The van der Waals surface area contributed by atoms with Crippen LogP contribution in [0.5, 0.6) is 0 Å². The van der Waals surface area contributed by atoms with Crippen molar-refractivity contribution >= 4 is 11.8 Å². The van der Waals surface area contributed by atoms with Gasteiger partial charge in [0, 0.05) is 11.9 Å². The van der Waals surface area contributed by atoms with Crippen molar-refractivity contribution in [1.82, 2.24) is 14.8 Å². The van der Waals surface area contributed by atoms with Crippen LogP contribution in [0, 0.1) is 6.92 Å². The van der Waals surface area contributed by atoms with Crippen LogP contribution in [0.2, 0.25) is 0 Å². The van der Waals surface area contributed by atoms with Gasteiger partial charge in [-0.1, -0.05) is 17.8 Å². The van der Waals surface area contributed by atoms with Crippen LogP contribution in [0.4, 0.5) is 0 Å². The molecule has 0 aliphatic carbocycles. The van der Waals surface area contributed by atoms with Crippen LogP contribution in [0.1, 0.15) is 11.1 Å². The summed E-state index contributed by atoms with van der Waals surface area (Å²) in [6, 6.07) is 5.97. The molecule has 16 heavy (non-hydrogen) atoms. The molecule has 2 aromatic rings. The first-order valence-electron chi connectivity index (χ1n) is 4.93. The molecule has 84 valence electrons. The first-order valence-corrected chi connectivity index (χ1v) is 5.74. The molecule has 0 aliphatic heterocycles. The lowest BCUT2D eigenvalue weighted by molar-refractivity contribution is 0.281. The van der Waals surface area contributed by atoms with Gasteiger partial charge >= 0.3 is 0 Å². The molecule has 0 amide bonds. The fraction of sp³-hybridized carbons (Fsp3) is 0.273. The first-order chi connectivity index (χ1) is 7.70. The van der Waals surface area contributed by atoms with E-state index in [0.29, 0.717) is 0 Å². The van der Waals surface area contributed by atoms with E-state index in [1.54, 1.807) is 16.4 Å². The van der Waals surface area contributed by atoms with Gasteiger partial charge in [-0.2, -0.15) is 5.10 Å². The van der Waals surface area contributed by atoms with E-state index in [9.17, 15) is 0 Å². The Hall–Kier alpha value is -1.33. The molecule has 5 heteroatoms. The van der Waals surface area contributed by atoms with Crippen LogP contribution in [0.25, 0.3) is 0 Å². The van der Waals surface area contributed by atoms with Crippen LogP contribution >= 0.6 is 11.8 Å². The largest absolute Gasteiger partial charge is 0.392 e. The van der Waals surface area contributed by atoms with E-state index < -0.39 is 0 Å².